The predicted molar refractivity (Wildman–Crippen MR) is 639 cm³/mol. The number of halogens is 1. The molecular formula is C135H209ClN2O5. The van der Waals surface area contributed by atoms with Gasteiger partial charge in [-0.25, -0.2) is 0 Å². The maximum atomic E-state index is 11.1. The smallest absolute Gasteiger partial charge is 0.219 e. The molecule has 12 rings (SSSR count). The molecule has 0 bridgehead atoms. The van der Waals surface area contributed by atoms with Crippen molar-refractivity contribution in [2.24, 2.45) is 101 Å². The van der Waals surface area contributed by atoms with E-state index in [0.717, 1.165) is 109 Å². The largest absolute Gasteiger partial charge is 0.497 e. The van der Waals surface area contributed by atoms with Crippen LogP contribution in [0.2, 0.25) is 5.02 Å². The van der Waals surface area contributed by atoms with Crippen LogP contribution in [-0.2, 0) is 14.3 Å². The highest BCUT2D eigenvalue weighted by Gasteiger charge is 2.20. The van der Waals surface area contributed by atoms with Gasteiger partial charge in [0, 0.05) is 50.4 Å². The Morgan fingerprint density at radius 3 is 1.06 bits per heavy atom. The van der Waals surface area contributed by atoms with E-state index in [2.05, 4.69) is 429 Å². The number of rotatable bonds is 26. The summed E-state index contributed by atoms with van der Waals surface area (Å²) in [7, 11) is 5.59. The summed E-state index contributed by atoms with van der Waals surface area (Å²) in [6.45, 7) is 65.9. The molecule has 7 nitrogen and oxygen atoms in total. The van der Waals surface area contributed by atoms with Crippen LogP contribution >= 0.6 is 11.6 Å². The molecule has 796 valence electrons. The zero-order chi connectivity index (χ0) is 106. The van der Waals surface area contributed by atoms with Crippen molar-refractivity contribution >= 4 is 54.0 Å². The van der Waals surface area contributed by atoms with E-state index in [1.807, 2.05) is 65.6 Å². The molecule has 1 amide bonds. The van der Waals surface area contributed by atoms with Crippen LogP contribution in [0, 0.1) is 114 Å². The van der Waals surface area contributed by atoms with Crippen molar-refractivity contribution in [3.8, 4) is 11.5 Å². The van der Waals surface area contributed by atoms with E-state index in [4.69, 9.17) is 30.5 Å². The number of carbonyl (C=O) groups is 1. The first-order valence-corrected chi connectivity index (χ1v) is 56.1. The Kier molecular flexibility index (Phi) is 78.3. The third-order valence-corrected chi connectivity index (χ3v) is 24.5. The number of ether oxygens (including phenoxy) is 4. The van der Waals surface area contributed by atoms with Gasteiger partial charge in [-0.1, -0.05) is 489 Å². The fourth-order valence-electron chi connectivity index (χ4n) is 15.4. The number of hydrogen-bond donors (Lipinski definition) is 0. The molecule has 1 unspecified atom stereocenters. The van der Waals surface area contributed by atoms with Gasteiger partial charge < -0.3 is 28.7 Å². The Morgan fingerprint density at radius 2 is 0.664 bits per heavy atom. The number of amides is 1. The summed E-state index contributed by atoms with van der Waals surface area (Å²) in [5, 5.41) is 0.793. The van der Waals surface area contributed by atoms with E-state index in [9.17, 15) is 4.79 Å². The third-order valence-electron chi connectivity index (χ3n) is 24.2. The molecule has 0 spiro atoms. The van der Waals surface area contributed by atoms with Crippen molar-refractivity contribution in [2.75, 3.05) is 67.3 Å². The average molecular weight is 1980 g/mol. The van der Waals surface area contributed by atoms with E-state index in [1.54, 1.807) is 21.1 Å². The lowest BCUT2D eigenvalue weighted by Crippen LogP contribution is -2.36. The van der Waals surface area contributed by atoms with Crippen molar-refractivity contribution in [2.45, 2.75) is 315 Å². The van der Waals surface area contributed by atoms with Crippen LogP contribution < -0.4 is 9.47 Å². The van der Waals surface area contributed by atoms with Gasteiger partial charge in [0.25, 0.3) is 0 Å². The second kappa shape index (κ2) is 84.5. The molecule has 4 heterocycles. The van der Waals surface area contributed by atoms with Crippen LogP contribution in [0.1, 0.15) is 340 Å². The van der Waals surface area contributed by atoms with Gasteiger partial charge in [0.2, 0.25) is 5.91 Å². The Hall–Kier alpha value is -8.56. The van der Waals surface area contributed by atoms with Gasteiger partial charge in [-0.3, -0.25) is 4.79 Å². The van der Waals surface area contributed by atoms with E-state index >= 15 is 0 Å². The summed E-state index contributed by atoms with van der Waals surface area (Å²) in [6, 6.07) is 51.3. The van der Waals surface area contributed by atoms with Crippen molar-refractivity contribution in [3.05, 3.63) is 311 Å². The average Bonchev–Trinajstić information content (AvgIpc) is 0.900. The maximum absolute atomic E-state index is 11.1. The molecule has 4 aliphatic heterocycles. The van der Waals surface area contributed by atoms with Crippen molar-refractivity contribution < 1.29 is 23.7 Å². The second-order valence-electron chi connectivity index (χ2n) is 43.8. The van der Waals surface area contributed by atoms with Crippen molar-refractivity contribution in [1.29, 1.82) is 0 Å². The molecule has 0 N–H and O–H groups in total. The number of carbonyl (C=O) groups excluding carboxylic acids is 1. The van der Waals surface area contributed by atoms with Crippen LogP contribution in [0.4, 0.5) is 0 Å². The van der Waals surface area contributed by atoms with Crippen LogP contribution in [0.5, 0.6) is 11.5 Å². The third kappa shape index (κ3) is 78.4. The molecule has 0 radical (unpaired) electrons. The summed E-state index contributed by atoms with van der Waals surface area (Å²) in [5.74, 6) is 14.0. The first-order chi connectivity index (χ1) is 68.2. The van der Waals surface area contributed by atoms with Crippen molar-refractivity contribution in [3.63, 3.8) is 0 Å². The molecule has 143 heavy (non-hydrogen) atoms. The minimum atomic E-state index is 0.219. The molecule has 2 saturated carbocycles. The molecular weight excluding hydrogens is 1760 g/mol. The number of aryl methyl sites for hydroxylation is 2. The zero-order valence-corrected chi connectivity index (χ0v) is 97.1. The van der Waals surface area contributed by atoms with E-state index < -0.39 is 0 Å². The summed E-state index contributed by atoms with van der Waals surface area (Å²) in [5.41, 5.74) is 10.1. The number of methoxy groups -OCH3 is 2. The quantitative estimate of drug-likeness (QED) is 0.0505. The highest BCUT2D eigenvalue weighted by molar-refractivity contribution is 6.30. The zero-order valence-electron chi connectivity index (χ0n) is 96.4. The fourth-order valence-corrected chi connectivity index (χ4v) is 15.6. The number of benzene rings is 6. The topological polar surface area (TPSA) is 60.5 Å². The Bertz CT molecular complexity index is 4240. The number of para-hydroxylation sites is 1. The minimum Gasteiger partial charge on any atom is -0.497 e. The monoisotopic (exact) mass is 1970 g/mol. The van der Waals surface area contributed by atoms with Gasteiger partial charge in [0.1, 0.15) is 11.5 Å². The summed E-state index contributed by atoms with van der Waals surface area (Å²) in [4.78, 5) is 15.4. The number of piperidine rings is 2. The van der Waals surface area contributed by atoms with Gasteiger partial charge in [0.15, 0.2) is 0 Å². The molecule has 6 fully saturated rings. The Morgan fingerprint density at radius 1 is 0.322 bits per heavy atom. The van der Waals surface area contributed by atoms with Gasteiger partial charge >= 0.3 is 0 Å². The van der Waals surface area contributed by atoms with Gasteiger partial charge in [0.05, 0.1) is 20.3 Å². The van der Waals surface area contributed by atoms with E-state index in [-0.39, 0.29) is 5.91 Å². The lowest BCUT2D eigenvalue weighted by molar-refractivity contribution is -0.130. The molecule has 6 aromatic carbocycles. The van der Waals surface area contributed by atoms with Gasteiger partial charge in [-0.15, -0.1) is 0 Å². The summed E-state index contributed by atoms with van der Waals surface area (Å²) in [6.07, 6.45) is 80.1. The van der Waals surface area contributed by atoms with Crippen LogP contribution in [0.25, 0.3) is 36.5 Å². The molecule has 6 aromatic rings. The fraction of sp³-hybridized carbons (Fsp3) is 0.548. The molecule has 6 aliphatic rings. The van der Waals surface area contributed by atoms with Gasteiger partial charge in [-0.05, 0) is 282 Å². The summed E-state index contributed by atoms with van der Waals surface area (Å²) >= 11 is 5.83. The summed E-state index contributed by atoms with van der Waals surface area (Å²) < 4.78 is 21.1. The van der Waals surface area contributed by atoms with E-state index in [0.29, 0.717) is 71.2 Å². The predicted octanol–water partition coefficient (Wildman–Crippen LogP) is 39.4. The number of nitrogens with zero attached hydrogens (tertiary/aromatic N) is 2. The van der Waals surface area contributed by atoms with Gasteiger partial charge in [-0.2, -0.15) is 0 Å². The highest BCUT2D eigenvalue weighted by Crippen LogP contribution is 2.29. The maximum Gasteiger partial charge on any atom is 0.219 e. The Labute approximate surface area is 886 Å². The normalized spacial score (nSPS) is 16.6. The van der Waals surface area contributed by atoms with Crippen LogP contribution in [0.15, 0.2) is 261 Å². The SMILES string of the molecule is CC(=O)N1CCC(/C=C\C(C)C)CC1.CC(C)/C=C\C1CCCCC1.CC(C)/C=C\C1CCCCC1.CC(C)/C=C\C1CCCCO1.CC(C)/C=C\C1CCN(C)CC1.CC(C)/C=C\C1CCOCC1.CC(C)/C=C\c1cccc(Cl)c1.CC(C)/C=C\c1ccccc1.COc1ccc(/C=C\C(C)C)cc1.COc1ccccc1/C=C\C(C)C.Cc1cccc(/C=C\C(C)C)c1.Cc1ccccc1/C=C\C(C)C. The van der Waals surface area contributed by atoms with E-state index in [1.165, 1.54) is 156 Å². The minimum absolute atomic E-state index is 0.219. The van der Waals surface area contributed by atoms with Crippen molar-refractivity contribution in [1.82, 2.24) is 9.80 Å². The number of hydrogen-bond acceptors (Lipinski definition) is 6. The number of allylic oxidation sites excluding steroid dienone is 17. The second-order valence-corrected chi connectivity index (χ2v) is 44.2. The molecule has 8 heteroatoms. The number of likely N-dealkylation sites (tertiary alicyclic amines) is 2. The lowest BCUT2D eigenvalue weighted by Gasteiger charge is -2.29. The Balaban J connectivity index is 0.000000780. The standard InChI is InChI=1S/C12H21NO.2C12H16O.2C12H16.C11H13Cl.C11H21N.2C11H20.C11H14.2C10H18O/c1-10(2)4-5-12-6-8-13(9-7-12)11(3)14;1-10(2)4-5-11-6-8-12(13-3)9-7-11;1-10(2)8-9-11-6-4-5-7-12(11)13-3;1-10(2)7-8-12-6-4-5-11(3)9-12;1-10(2)8-9-12-7-5-4-6-11(12)3;1-9(2)6-7-10-4-3-5-11(12)8-10;1-10(2)4-5-11-6-8-12(3)9-7-11;3*1-10(2)8-9-11-6-4-3-5-7-11;1-9(2)3-4-10-5-7-11-8-6-10;1-9(2)6-7-10-5-3-4-8-11-10/h4-5,10,12H,6-9H2,1-3H3;2*4-10H,1-3H3;2*4-10H,1-3H3;3-9H,1-2H3;4-5,10-11H,6-9H2,1-3H3;2*8-11H,3-7H2,1-2H3;3-10H,1-2H3;3-4,9-10H,5-8H2,1-2H3;6-7,9-10H,3-5,8H2,1-2H3/b2*5-4-;9-8-;8-7-;9-8-;7-6-;5-4-;3*9-8-;4-3-;7-6-. The van der Waals surface area contributed by atoms with Crippen LogP contribution in [-0.4, -0.2) is 89.1 Å². The highest BCUT2D eigenvalue weighted by atomic mass is 35.5. The van der Waals surface area contributed by atoms with Crippen LogP contribution in [0.3, 0.4) is 0 Å². The lowest BCUT2D eigenvalue weighted by atomic mass is 9.88. The molecule has 2 aliphatic carbocycles. The first-order valence-electron chi connectivity index (χ1n) is 55.8. The molecule has 0 aromatic heterocycles. The molecule has 4 saturated heterocycles. The first kappa shape index (κ1) is 132. The molecule has 1 atom stereocenters.